The molecule has 0 aliphatic carbocycles. The molecule has 96 valence electrons. The fraction of sp³-hybridized carbons (Fsp3) is 0.357. The normalized spacial score (nSPS) is 10.5. The topological polar surface area (TPSA) is 34.1 Å². The third-order valence-corrected chi connectivity index (χ3v) is 3.38. The van der Waals surface area contributed by atoms with Crippen molar-refractivity contribution in [2.24, 2.45) is 0 Å². The van der Waals surface area contributed by atoms with Crippen LogP contribution in [0, 0.1) is 0 Å². The molecule has 1 N–H and O–H groups in total. The van der Waals surface area contributed by atoms with Crippen LogP contribution in [0.5, 0.6) is 5.75 Å². The van der Waals surface area contributed by atoms with E-state index in [2.05, 4.69) is 22.4 Å². The fourth-order valence-corrected chi connectivity index (χ4v) is 2.34. The summed E-state index contributed by atoms with van der Waals surface area (Å²) in [6, 6.07) is 8.21. The molecule has 0 saturated heterocycles. The van der Waals surface area contributed by atoms with Crippen molar-refractivity contribution < 1.29 is 4.74 Å². The molecular formula is C14H18N2OS. The maximum atomic E-state index is 5.48. The largest absolute Gasteiger partial charge is 0.494 e. The Balaban J connectivity index is 1.74. The van der Waals surface area contributed by atoms with Gasteiger partial charge in [0.15, 0.2) is 0 Å². The Hall–Kier alpha value is -1.39. The molecule has 2 aromatic rings. The highest BCUT2D eigenvalue weighted by atomic mass is 32.1. The Morgan fingerprint density at radius 2 is 2.33 bits per heavy atom. The zero-order chi connectivity index (χ0) is 12.6. The van der Waals surface area contributed by atoms with E-state index in [0.717, 1.165) is 25.3 Å². The first-order valence-electron chi connectivity index (χ1n) is 6.19. The number of nitrogens with zero attached hydrogens (tertiary/aromatic N) is 1. The smallest absolute Gasteiger partial charge is 0.119 e. The Bertz CT molecular complexity index is 457. The molecule has 0 aliphatic rings. The van der Waals surface area contributed by atoms with Crippen molar-refractivity contribution in [3.05, 3.63) is 46.4 Å². The lowest BCUT2D eigenvalue weighted by molar-refractivity contribution is 0.340. The second-order valence-electron chi connectivity index (χ2n) is 3.93. The molecule has 2 rings (SSSR count). The van der Waals surface area contributed by atoms with Crippen LogP contribution in [0.15, 0.2) is 35.8 Å². The summed E-state index contributed by atoms with van der Waals surface area (Å²) >= 11 is 1.71. The summed E-state index contributed by atoms with van der Waals surface area (Å²) in [4.78, 5) is 4.26. The molecule has 3 nitrogen and oxygen atoms in total. The van der Waals surface area contributed by atoms with Gasteiger partial charge in [0.25, 0.3) is 0 Å². The second kappa shape index (κ2) is 7.13. The van der Waals surface area contributed by atoms with Gasteiger partial charge in [-0.2, -0.15) is 0 Å². The Labute approximate surface area is 112 Å². The van der Waals surface area contributed by atoms with E-state index in [1.807, 2.05) is 30.6 Å². The van der Waals surface area contributed by atoms with Gasteiger partial charge in [-0.05, 0) is 24.6 Å². The first-order valence-corrected chi connectivity index (χ1v) is 7.07. The number of aromatic nitrogens is 1. The van der Waals surface area contributed by atoms with Crippen molar-refractivity contribution in [2.75, 3.05) is 13.2 Å². The van der Waals surface area contributed by atoms with Gasteiger partial charge < -0.3 is 10.1 Å². The molecule has 0 radical (unpaired) electrons. The lowest BCUT2D eigenvalue weighted by Gasteiger charge is -2.07. The first kappa shape index (κ1) is 13.1. The van der Waals surface area contributed by atoms with Crippen LogP contribution in [0.25, 0.3) is 0 Å². The number of ether oxygens (including phenoxy) is 1. The van der Waals surface area contributed by atoms with Gasteiger partial charge in [0, 0.05) is 31.1 Å². The third kappa shape index (κ3) is 4.13. The monoisotopic (exact) mass is 262 g/mol. The Morgan fingerprint density at radius 3 is 3.11 bits per heavy atom. The van der Waals surface area contributed by atoms with E-state index in [1.165, 1.54) is 10.6 Å². The van der Waals surface area contributed by atoms with Gasteiger partial charge >= 0.3 is 0 Å². The second-order valence-corrected chi connectivity index (χ2v) is 4.91. The fourth-order valence-electron chi connectivity index (χ4n) is 1.72. The minimum atomic E-state index is 0.709. The maximum Gasteiger partial charge on any atom is 0.119 e. The maximum absolute atomic E-state index is 5.48. The average Bonchev–Trinajstić information content (AvgIpc) is 2.89. The van der Waals surface area contributed by atoms with Crippen LogP contribution in [-0.4, -0.2) is 18.1 Å². The minimum absolute atomic E-state index is 0.709. The standard InChI is InChI=1S/C14H18N2OS/c1-2-17-13-5-3-4-12(10-13)11-15-7-6-14-16-8-9-18-14/h3-5,8-10,15H,2,6-7,11H2,1H3. The van der Waals surface area contributed by atoms with Gasteiger partial charge in [-0.3, -0.25) is 0 Å². The van der Waals surface area contributed by atoms with E-state index in [4.69, 9.17) is 4.74 Å². The first-order chi connectivity index (χ1) is 8.88. The Morgan fingerprint density at radius 1 is 1.39 bits per heavy atom. The number of rotatable bonds is 7. The van der Waals surface area contributed by atoms with Crippen molar-refractivity contribution in [2.45, 2.75) is 19.9 Å². The molecule has 0 amide bonds. The summed E-state index contributed by atoms with van der Waals surface area (Å²) in [5.74, 6) is 0.941. The highest BCUT2D eigenvalue weighted by molar-refractivity contribution is 7.09. The summed E-state index contributed by atoms with van der Waals surface area (Å²) in [6.07, 6.45) is 2.84. The van der Waals surface area contributed by atoms with Crippen molar-refractivity contribution >= 4 is 11.3 Å². The number of nitrogens with one attached hydrogen (secondary N) is 1. The molecular weight excluding hydrogens is 244 g/mol. The van der Waals surface area contributed by atoms with E-state index in [-0.39, 0.29) is 0 Å². The lowest BCUT2D eigenvalue weighted by atomic mass is 10.2. The van der Waals surface area contributed by atoms with Crippen LogP contribution >= 0.6 is 11.3 Å². The van der Waals surface area contributed by atoms with Gasteiger partial charge in [-0.1, -0.05) is 12.1 Å². The van der Waals surface area contributed by atoms with Gasteiger partial charge in [0.05, 0.1) is 11.6 Å². The van der Waals surface area contributed by atoms with Crippen LogP contribution < -0.4 is 10.1 Å². The summed E-state index contributed by atoms with van der Waals surface area (Å²) in [7, 11) is 0. The predicted octanol–water partition coefficient (Wildman–Crippen LogP) is 2.87. The van der Waals surface area contributed by atoms with Crippen LogP contribution in [0.1, 0.15) is 17.5 Å². The summed E-state index contributed by atoms with van der Waals surface area (Å²) in [5, 5.41) is 6.62. The highest BCUT2D eigenvalue weighted by Gasteiger charge is 1.98. The number of hydrogen-bond acceptors (Lipinski definition) is 4. The molecule has 1 heterocycles. The quantitative estimate of drug-likeness (QED) is 0.779. The van der Waals surface area contributed by atoms with E-state index >= 15 is 0 Å². The summed E-state index contributed by atoms with van der Waals surface area (Å²) in [6.45, 7) is 4.53. The lowest BCUT2D eigenvalue weighted by Crippen LogP contribution is -2.16. The molecule has 18 heavy (non-hydrogen) atoms. The number of benzene rings is 1. The number of thiazole rings is 1. The van der Waals surface area contributed by atoms with Crippen LogP contribution in [-0.2, 0) is 13.0 Å². The van der Waals surface area contributed by atoms with Crippen LogP contribution in [0.2, 0.25) is 0 Å². The van der Waals surface area contributed by atoms with Crippen LogP contribution in [0.3, 0.4) is 0 Å². The van der Waals surface area contributed by atoms with Crippen LogP contribution in [0.4, 0.5) is 0 Å². The number of hydrogen-bond donors (Lipinski definition) is 1. The third-order valence-electron chi connectivity index (χ3n) is 2.54. The Kier molecular flexibility index (Phi) is 5.17. The van der Waals surface area contributed by atoms with E-state index < -0.39 is 0 Å². The highest BCUT2D eigenvalue weighted by Crippen LogP contribution is 2.13. The van der Waals surface area contributed by atoms with Crippen molar-refractivity contribution in [3.63, 3.8) is 0 Å². The van der Waals surface area contributed by atoms with Gasteiger partial charge in [0.2, 0.25) is 0 Å². The molecule has 4 heteroatoms. The van der Waals surface area contributed by atoms with Crippen molar-refractivity contribution in [1.29, 1.82) is 0 Å². The molecule has 0 atom stereocenters. The van der Waals surface area contributed by atoms with Gasteiger partial charge in [-0.25, -0.2) is 4.98 Å². The van der Waals surface area contributed by atoms with E-state index in [0.29, 0.717) is 6.61 Å². The zero-order valence-corrected chi connectivity index (χ0v) is 11.4. The average molecular weight is 262 g/mol. The molecule has 1 aromatic heterocycles. The molecule has 0 saturated carbocycles. The molecule has 1 aromatic carbocycles. The van der Waals surface area contributed by atoms with Gasteiger partial charge in [-0.15, -0.1) is 11.3 Å². The van der Waals surface area contributed by atoms with Gasteiger partial charge in [0.1, 0.15) is 5.75 Å². The molecule has 0 unspecified atom stereocenters. The molecule has 0 fully saturated rings. The molecule has 0 spiro atoms. The summed E-state index contributed by atoms with van der Waals surface area (Å²) < 4.78 is 5.48. The minimum Gasteiger partial charge on any atom is -0.494 e. The van der Waals surface area contributed by atoms with Crippen molar-refractivity contribution in [1.82, 2.24) is 10.3 Å². The van der Waals surface area contributed by atoms with Crippen molar-refractivity contribution in [3.8, 4) is 5.75 Å². The summed E-state index contributed by atoms with van der Waals surface area (Å²) in [5.41, 5.74) is 1.25. The molecule has 0 aliphatic heterocycles. The predicted molar refractivity (Wildman–Crippen MR) is 75.1 cm³/mol. The zero-order valence-electron chi connectivity index (χ0n) is 10.6. The SMILES string of the molecule is CCOc1cccc(CNCCc2nccs2)c1. The van der Waals surface area contributed by atoms with E-state index in [1.54, 1.807) is 11.3 Å². The van der Waals surface area contributed by atoms with E-state index in [9.17, 15) is 0 Å². The molecule has 0 bridgehead atoms.